The first kappa shape index (κ1) is 14.7. The molecular weight excluding hydrogens is 241 g/mol. The molecule has 0 spiro atoms. The molecule has 0 aliphatic rings. The monoisotopic (exact) mass is 258 g/mol. The van der Waals surface area contributed by atoms with Crippen LogP contribution in [0.25, 0.3) is 0 Å². The van der Waals surface area contributed by atoms with Crippen LogP contribution in [0.3, 0.4) is 0 Å². The van der Waals surface area contributed by atoms with Crippen molar-refractivity contribution < 1.29 is 18.0 Å². The molecule has 0 radical (unpaired) electrons. The van der Waals surface area contributed by atoms with Gasteiger partial charge in [-0.05, 0) is 30.4 Å². The van der Waals surface area contributed by atoms with E-state index in [1.54, 1.807) is 6.07 Å². The number of carbonyl (C=O) groups excluding carboxylic acids is 1. The number of Topliss-reactive ketones (excluding diaryl/α,β-unsaturated/α-hetero) is 1. The number of alkyl halides is 3. The summed E-state index contributed by atoms with van der Waals surface area (Å²) in [5, 5.41) is 0. The molecule has 0 unspecified atom stereocenters. The van der Waals surface area contributed by atoms with Crippen LogP contribution >= 0.6 is 0 Å². The fourth-order valence-corrected chi connectivity index (χ4v) is 2.15. The summed E-state index contributed by atoms with van der Waals surface area (Å²) in [6, 6.07) is 5.28. The maximum absolute atomic E-state index is 12.6. The van der Waals surface area contributed by atoms with Gasteiger partial charge < -0.3 is 4.79 Å². The summed E-state index contributed by atoms with van der Waals surface area (Å²) in [7, 11) is 0. The lowest BCUT2D eigenvalue weighted by atomic mass is 9.81. The highest BCUT2D eigenvalue weighted by molar-refractivity contribution is 5.76. The highest BCUT2D eigenvalue weighted by Crippen LogP contribution is 2.32. The normalized spacial score (nSPS) is 12.6. The molecule has 0 saturated carbocycles. The molecule has 100 valence electrons. The second-order valence-corrected chi connectivity index (χ2v) is 5.42. The van der Waals surface area contributed by atoms with Crippen molar-refractivity contribution in [3.05, 3.63) is 35.4 Å². The van der Waals surface area contributed by atoms with Gasteiger partial charge in [0, 0.05) is 6.42 Å². The predicted molar refractivity (Wildman–Crippen MR) is 64.2 cm³/mol. The minimum Gasteiger partial charge on any atom is -0.300 e. The van der Waals surface area contributed by atoms with Crippen molar-refractivity contribution in [2.45, 2.75) is 39.8 Å². The largest absolute Gasteiger partial charge is 0.416 e. The summed E-state index contributed by atoms with van der Waals surface area (Å²) in [5.41, 5.74) is -0.356. The van der Waals surface area contributed by atoms with Crippen LogP contribution < -0.4 is 0 Å². The van der Waals surface area contributed by atoms with Crippen molar-refractivity contribution in [2.24, 2.45) is 5.41 Å². The van der Waals surface area contributed by atoms with E-state index in [9.17, 15) is 18.0 Å². The summed E-state index contributed by atoms with van der Waals surface area (Å²) in [5.74, 6) is 0.0481. The number of hydrogen-bond donors (Lipinski definition) is 0. The topological polar surface area (TPSA) is 17.1 Å². The van der Waals surface area contributed by atoms with Crippen molar-refractivity contribution >= 4 is 5.78 Å². The second kappa shape index (κ2) is 5.12. The van der Waals surface area contributed by atoms with Gasteiger partial charge in [-0.1, -0.05) is 32.0 Å². The second-order valence-electron chi connectivity index (χ2n) is 5.42. The zero-order valence-corrected chi connectivity index (χ0v) is 10.8. The molecule has 1 rings (SSSR count). The Labute approximate surface area is 105 Å². The Hall–Kier alpha value is -1.32. The van der Waals surface area contributed by atoms with E-state index in [1.165, 1.54) is 13.0 Å². The highest BCUT2D eigenvalue weighted by atomic mass is 19.4. The fraction of sp³-hybridized carbons (Fsp3) is 0.500. The molecule has 4 heteroatoms. The minimum atomic E-state index is -4.32. The lowest BCUT2D eigenvalue weighted by Gasteiger charge is -2.23. The summed E-state index contributed by atoms with van der Waals surface area (Å²) < 4.78 is 37.7. The van der Waals surface area contributed by atoms with Gasteiger partial charge in [0.1, 0.15) is 5.78 Å². The zero-order valence-electron chi connectivity index (χ0n) is 10.8. The molecule has 0 aliphatic carbocycles. The average molecular weight is 258 g/mol. The molecule has 0 N–H and O–H groups in total. The molecule has 0 atom stereocenters. The van der Waals surface area contributed by atoms with Gasteiger partial charge in [0.05, 0.1) is 5.56 Å². The predicted octanol–water partition coefficient (Wildman–Crippen LogP) is 4.25. The van der Waals surface area contributed by atoms with Gasteiger partial charge >= 0.3 is 6.18 Å². The van der Waals surface area contributed by atoms with E-state index < -0.39 is 11.7 Å². The van der Waals surface area contributed by atoms with E-state index in [0.717, 1.165) is 12.1 Å². The molecule has 0 fully saturated rings. The Balaban J connectivity index is 2.89. The Kier molecular flexibility index (Phi) is 4.20. The van der Waals surface area contributed by atoms with E-state index in [1.807, 2.05) is 13.8 Å². The van der Waals surface area contributed by atoms with Crippen molar-refractivity contribution in [1.29, 1.82) is 0 Å². The highest BCUT2D eigenvalue weighted by Gasteiger charge is 2.31. The number of carbonyl (C=O) groups is 1. The quantitative estimate of drug-likeness (QED) is 0.789. The number of halogens is 3. The van der Waals surface area contributed by atoms with E-state index in [4.69, 9.17) is 0 Å². The standard InChI is InChI=1S/C14H17F3O/c1-10(18)8-13(2,3)9-11-5-4-6-12(7-11)14(15,16)17/h4-7H,8-9H2,1-3H3. The number of rotatable bonds is 4. The summed E-state index contributed by atoms with van der Waals surface area (Å²) in [6.45, 7) is 5.26. The lowest BCUT2D eigenvalue weighted by molar-refractivity contribution is -0.137. The molecule has 0 amide bonds. The van der Waals surface area contributed by atoms with Crippen molar-refractivity contribution in [1.82, 2.24) is 0 Å². The van der Waals surface area contributed by atoms with Gasteiger partial charge in [0.25, 0.3) is 0 Å². The lowest BCUT2D eigenvalue weighted by Crippen LogP contribution is -2.19. The first-order valence-electron chi connectivity index (χ1n) is 5.76. The fourth-order valence-electron chi connectivity index (χ4n) is 2.15. The smallest absolute Gasteiger partial charge is 0.300 e. The number of benzene rings is 1. The van der Waals surface area contributed by atoms with E-state index in [-0.39, 0.29) is 11.2 Å². The Morgan fingerprint density at radius 3 is 2.33 bits per heavy atom. The van der Waals surface area contributed by atoms with Gasteiger partial charge in [-0.2, -0.15) is 13.2 Å². The van der Waals surface area contributed by atoms with Crippen LogP contribution in [0.2, 0.25) is 0 Å². The van der Waals surface area contributed by atoms with Crippen LogP contribution in [0.15, 0.2) is 24.3 Å². The minimum absolute atomic E-state index is 0.0481. The Morgan fingerprint density at radius 1 is 1.22 bits per heavy atom. The number of ketones is 1. The first-order valence-corrected chi connectivity index (χ1v) is 5.76. The van der Waals surface area contributed by atoms with Crippen LogP contribution in [0.1, 0.15) is 38.3 Å². The van der Waals surface area contributed by atoms with E-state index in [0.29, 0.717) is 18.4 Å². The third-order valence-electron chi connectivity index (χ3n) is 2.66. The molecule has 1 aromatic rings. The van der Waals surface area contributed by atoms with Crippen molar-refractivity contribution in [3.63, 3.8) is 0 Å². The molecule has 0 saturated heterocycles. The molecule has 0 aromatic heterocycles. The third-order valence-corrected chi connectivity index (χ3v) is 2.66. The van der Waals surface area contributed by atoms with Crippen LogP contribution in [-0.4, -0.2) is 5.78 Å². The first-order chi connectivity index (χ1) is 8.10. The maximum Gasteiger partial charge on any atom is 0.416 e. The summed E-state index contributed by atoms with van der Waals surface area (Å²) in [6.07, 6.45) is -3.50. The van der Waals surface area contributed by atoms with E-state index in [2.05, 4.69) is 0 Å². The SMILES string of the molecule is CC(=O)CC(C)(C)Cc1cccc(C(F)(F)F)c1. The van der Waals surface area contributed by atoms with Gasteiger partial charge in [-0.3, -0.25) is 0 Å². The molecule has 0 heterocycles. The molecular formula is C14H17F3O. The van der Waals surface area contributed by atoms with Gasteiger partial charge in [0.2, 0.25) is 0 Å². The Bertz CT molecular complexity index is 433. The van der Waals surface area contributed by atoms with Crippen LogP contribution in [0.4, 0.5) is 13.2 Å². The molecule has 1 aromatic carbocycles. The van der Waals surface area contributed by atoms with Gasteiger partial charge in [0.15, 0.2) is 0 Å². The summed E-state index contributed by atoms with van der Waals surface area (Å²) >= 11 is 0. The molecule has 0 aliphatic heterocycles. The van der Waals surface area contributed by atoms with E-state index >= 15 is 0 Å². The van der Waals surface area contributed by atoms with Crippen LogP contribution in [0.5, 0.6) is 0 Å². The Morgan fingerprint density at radius 2 is 1.83 bits per heavy atom. The van der Waals surface area contributed by atoms with Crippen molar-refractivity contribution in [3.8, 4) is 0 Å². The van der Waals surface area contributed by atoms with Gasteiger partial charge in [-0.25, -0.2) is 0 Å². The summed E-state index contributed by atoms with van der Waals surface area (Å²) in [4.78, 5) is 11.1. The molecule has 0 bridgehead atoms. The maximum atomic E-state index is 12.6. The van der Waals surface area contributed by atoms with Gasteiger partial charge in [-0.15, -0.1) is 0 Å². The molecule has 1 nitrogen and oxygen atoms in total. The van der Waals surface area contributed by atoms with Crippen molar-refractivity contribution in [2.75, 3.05) is 0 Å². The van der Waals surface area contributed by atoms with Crippen LogP contribution in [0, 0.1) is 5.41 Å². The zero-order chi connectivity index (χ0) is 14.0. The third kappa shape index (κ3) is 4.51. The van der Waals surface area contributed by atoms with Crippen LogP contribution in [-0.2, 0) is 17.4 Å². The number of hydrogen-bond acceptors (Lipinski definition) is 1. The molecule has 18 heavy (non-hydrogen) atoms. The average Bonchev–Trinajstić information content (AvgIpc) is 2.13.